The van der Waals surface area contributed by atoms with Crippen LogP contribution in [0.5, 0.6) is 5.75 Å². The Morgan fingerprint density at radius 3 is 2.40 bits per heavy atom. The molecule has 2 rings (SSSR count). The van der Waals surface area contributed by atoms with Crippen molar-refractivity contribution in [1.82, 2.24) is 4.90 Å². The van der Waals surface area contributed by atoms with Gasteiger partial charge in [0, 0.05) is 13.1 Å². The Bertz CT molecular complexity index is 513. The molecular formula is C17H22N2O. The molecule has 106 valence electrons. The molecule has 0 fully saturated rings. The number of likely N-dealkylation sites (N-methyl/N-ethyl adjacent to an activating group) is 1. The van der Waals surface area contributed by atoms with E-state index in [1.54, 1.807) is 0 Å². The molecule has 0 radical (unpaired) electrons. The quantitative estimate of drug-likeness (QED) is 0.786. The number of anilines is 1. The number of hydrogen-bond acceptors (Lipinski definition) is 3. The topological polar surface area (TPSA) is 38.5 Å². The van der Waals surface area contributed by atoms with Crippen molar-refractivity contribution in [3.63, 3.8) is 0 Å². The van der Waals surface area contributed by atoms with Crippen molar-refractivity contribution in [2.45, 2.75) is 6.42 Å². The molecule has 2 N–H and O–H groups in total. The van der Waals surface area contributed by atoms with E-state index in [-0.39, 0.29) is 0 Å². The summed E-state index contributed by atoms with van der Waals surface area (Å²) in [7, 11) is 2.11. The van der Waals surface area contributed by atoms with Crippen LogP contribution in [-0.4, -0.2) is 31.6 Å². The number of ether oxygens (including phenoxy) is 1. The highest BCUT2D eigenvalue weighted by molar-refractivity contribution is 5.51. The van der Waals surface area contributed by atoms with Crippen molar-refractivity contribution >= 4 is 5.69 Å². The third-order valence-electron chi connectivity index (χ3n) is 3.27. The molecule has 0 aliphatic rings. The summed E-state index contributed by atoms with van der Waals surface area (Å²) >= 11 is 0. The second-order valence-corrected chi connectivity index (χ2v) is 4.93. The molecule has 0 aliphatic heterocycles. The van der Waals surface area contributed by atoms with Crippen LogP contribution in [0.2, 0.25) is 0 Å². The number of para-hydroxylation sites is 2. The first-order valence-corrected chi connectivity index (χ1v) is 6.95. The summed E-state index contributed by atoms with van der Waals surface area (Å²) in [6.07, 6.45) is 1.06. The van der Waals surface area contributed by atoms with Gasteiger partial charge < -0.3 is 15.4 Å². The van der Waals surface area contributed by atoms with Crippen LogP contribution in [0.1, 0.15) is 5.56 Å². The molecular weight excluding hydrogens is 248 g/mol. The van der Waals surface area contributed by atoms with Crippen LogP contribution in [0.25, 0.3) is 0 Å². The molecule has 20 heavy (non-hydrogen) atoms. The number of nitrogens with zero attached hydrogens (tertiary/aromatic N) is 1. The van der Waals surface area contributed by atoms with Gasteiger partial charge in [-0.1, -0.05) is 42.5 Å². The van der Waals surface area contributed by atoms with Crippen molar-refractivity contribution in [3.8, 4) is 5.75 Å². The molecule has 3 heteroatoms. The minimum absolute atomic E-state index is 0.652. The summed E-state index contributed by atoms with van der Waals surface area (Å²) in [5, 5.41) is 0. The van der Waals surface area contributed by atoms with Crippen molar-refractivity contribution in [1.29, 1.82) is 0 Å². The summed E-state index contributed by atoms with van der Waals surface area (Å²) in [6.45, 7) is 2.57. The fourth-order valence-electron chi connectivity index (χ4n) is 2.00. The summed E-state index contributed by atoms with van der Waals surface area (Å²) in [5.74, 6) is 0.768. The standard InChI is InChI=1S/C17H22N2O/c1-19(12-11-15-7-3-2-4-8-15)13-14-20-17-10-6-5-9-16(17)18/h2-10H,11-14,18H2,1H3. The first-order valence-electron chi connectivity index (χ1n) is 6.95. The Morgan fingerprint density at radius 2 is 1.65 bits per heavy atom. The van der Waals surface area contributed by atoms with E-state index in [0.717, 1.165) is 25.3 Å². The van der Waals surface area contributed by atoms with Crippen molar-refractivity contribution in [3.05, 3.63) is 60.2 Å². The van der Waals surface area contributed by atoms with Crippen molar-refractivity contribution < 1.29 is 4.74 Å². The van der Waals surface area contributed by atoms with Crippen LogP contribution >= 0.6 is 0 Å². The Morgan fingerprint density at radius 1 is 0.950 bits per heavy atom. The summed E-state index contributed by atoms with van der Waals surface area (Å²) in [6, 6.07) is 18.1. The lowest BCUT2D eigenvalue weighted by Gasteiger charge is -2.17. The van der Waals surface area contributed by atoms with Gasteiger partial charge in [0.1, 0.15) is 12.4 Å². The third-order valence-corrected chi connectivity index (χ3v) is 3.27. The molecule has 3 nitrogen and oxygen atoms in total. The van der Waals surface area contributed by atoms with Crippen LogP contribution in [0.3, 0.4) is 0 Å². The van der Waals surface area contributed by atoms with Crippen LogP contribution in [0.15, 0.2) is 54.6 Å². The van der Waals surface area contributed by atoms with Crippen molar-refractivity contribution in [2.24, 2.45) is 0 Å². The minimum atomic E-state index is 0.652. The number of nitrogens with two attached hydrogens (primary N) is 1. The minimum Gasteiger partial charge on any atom is -0.490 e. The molecule has 0 spiro atoms. The van der Waals surface area contributed by atoms with Gasteiger partial charge in [0.25, 0.3) is 0 Å². The second kappa shape index (κ2) is 7.56. The maximum Gasteiger partial charge on any atom is 0.142 e. The van der Waals surface area contributed by atoms with Gasteiger partial charge in [-0.05, 0) is 31.2 Å². The van der Waals surface area contributed by atoms with Gasteiger partial charge in [0.05, 0.1) is 5.69 Å². The van der Waals surface area contributed by atoms with Crippen LogP contribution < -0.4 is 10.5 Å². The zero-order chi connectivity index (χ0) is 14.2. The smallest absolute Gasteiger partial charge is 0.142 e. The molecule has 2 aromatic rings. The molecule has 0 unspecified atom stereocenters. The van der Waals surface area contributed by atoms with Gasteiger partial charge in [-0.3, -0.25) is 0 Å². The van der Waals surface area contributed by atoms with Gasteiger partial charge in [-0.25, -0.2) is 0 Å². The van der Waals surface area contributed by atoms with E-state index < -0.39 is 0 Å². The number of hydrogen-bond donors (Lipinski definition) is 1. The molecule has 2 aromatic carbocycles. The molecule has 0 atom stereocenters. The lowest BCUT2D eigenvalue weighted by atomic mass is 10.1. The normalized spacial score (nSPS) is 10.7. The summed E-state index contributed by atoms with van der Waals surface area (Å²) < 4.78 is 5.69. The molecule has 0 bridgehead atoms. The first kappa shape index (κ1) is 14.4. The monoisotopic (exact) mass is 270 g/mol. The molecule has 0 amide bonds. The van der Waals surface area contributed by atoms with Crippen LogP contribution in [-0.2, 0) is 6.42 Å². The van der Waals surface area contributed by atoms with E-state index in [2.05, 4.69) is 36.2 Å². The van der Waals surface area contributed by atoms with E-state index in [0.29, 0.717) is 12.3 Å². The van der Waals surface area contributed by atoms with Gasteiger partial charge in [0.2, 0.25) is 0 Å². The van der Waals surface area contributed by atoms with Gasteiger partial charge in [-0.2, -0.15) is 0 Å². The van der Waals surface area contributed by atoms with Gasteiger partial charge in [0.15, 0.2) is 0 Å². The van der Waals surface area contributed by atoms with Crippen LogP contribution in [0, 0.1) is 0 Å². The highest BCUT2D eigenvalue weighted by Crippen LogP contribution is 2.19. The molecule has 0 aromatic heterocycles. The Labute approximate surface area is 121 Å². The van der Waals surface area contributed by atoms with Crippen molar-refractivity contribution in [2.75, 3.05) is 32.5 Å². The van der Waals surface area contributed by atoms with E-state index >= 15 is 0 Å². The van der Waals surface area contributed by atoms with Gasteiger partial charge in [-0.15, -0.1) is 0 Å². The third kappa shape index (κ3) is 4.59. The first-order chi connectivity index (χ1) is 9.75. The maximum atomic E-state index is 5.83. The Hall–Kier alpha value is -2.00. The summed E-state index contributed by atoms with van der Waals surface area (Å²) in [4.78, 5) is 2.27. The zero-order valence-electron chi connectivity index (χ0n) is 12.0. The van der Waals surface area contributed by atoms with Crippen LogP contribution in [0.4, 0.5) is 5.69 Å². The molecule has 0 aliphatic carbocycles. The highest BCUT2D eigenvalue weighted by atomic mass is 16.5. The summed E-state index contributed by atoms with van der Waals surface area (Å²) in [5.41, 5.74) is 7.90. The number of nitrogen functional groups attached to an aromatic ring is 1. The lowest BCUT2D eigenvalue weighted by Crippen LogP contribution is -2.26. The molecule has 0 saturated carbocycles. The fourth-order valence-corrected chi connectivity index (χ4v) is 2.00. The zero-order valence-corrected chi connectivity index (χ0v) is 12.0. The number of rotatable bonds is 7. The lowest BCUT2D eigenvalue weighted by molar-refractivity contribution is 0.240. The average molecular weight is 270 g/mol. The maximum absolute atomic E-state index is 5.83. The Balaban J connectivity index is 1.68. The van der Waals surface area contributed by atoms with E-state index in [9.17, 15) is 0 Å². The van der Waals surface area contributed by atoms with E-state index in [4.69, 9.17) is 10.5 Å². The van der Waals surface area contributed by atoms with Gasteiger partial charge >= 0.3 is 0 Å². The van der Waals surface area contributed by atoms with E-state index in [1.807, 2.05) is 30.3 Å². The Kier molecular flexibility index (Phi) is 5.44. The number of benzene rings is 2. The second-order valence-electron chi connectivity index (χ2n) is 4.93. The predicted molar refractivity (Wildman–Crippen MR) is 84.0 cm³/mol. The molecule has 0 heterocycles. The average Bonchev–Trinajstić information content (AvgIpc) is 2.48. The highest BCUT2D eigenvalue weighted by Gasteiger charge is 2.02. The fraction of sp³-hybridized carbons (Fsp3) is 0.294. The predicted octanol–water partition coefficient (Wildman–Crippen LogP) is 2.82. The SMILES string of the molecule is CN(CCOc1ccccc1N)CCc1ccccc1. The largest absolute Gasteiger partial charge is 0.490 e. The molecule has 0 saturated heterocycles. The van der Waals surface area contributed by atoms with E-state index in [1.165, 1.54) is 5.56 Å².